The van der Waals surface area contributed by atoms with Gasteiger partial charge in [-0.2, -0.15) is 0 Å². The molecule has 3 heterocycles. The Bertz CT molecular complexity index is 592. The van der Waals surface area contributed by atoms with Crippen LogP contribution in [0.15, 0.2) is 0 Å². The predicted molar refractivity (Wildman–Crippen MR) is 86.2 cm³/mol. The maximum absolute atomic E-state index is 11.0. The van der Waals surface area contributed by atoms with E-state index in [1.807, 2.05) is 27.7 Å². The van der Waals surface area contributed by atoms with Crippen LogP contribution < -0.4 is 4.72 Å². The van der Waals surface area contributed by atoms with E-state index in [0.29, 0.717) is 0 Å². The van der Waals surface area contributed by atoms with Crippen molar-refractivity contribution in [3.05, 3.63) is 0 Å². The summed E-state index contributed by atoms with van der Waals surface area (Å²) in [5.74, 6) is -1.51. The zero-order chi connectivity index (χ0) is 18.5. The van der Waals surface area contributed by atoms with Gasteiger partial charge in [0.1, 0.15) is 24.4 Å². The minimum atomic E-state index is -3.23. The number of nitrogens with one attached hydrogen (secondary N) is 1. The van der Waals surface area contributed by atoms with Crippen molar-refractivity contribution in [2.75, 3.05) is 26.0 Å². The van der Waals surface area contributed by atoms with Crippen LogP contribution >= 0.6 is 0 Å². The Morgan fingerprint density at radius 3 is 2.24 bits per heavy atom. The van der Waals surface area contributed by atoms with Gasteiger partial charge in [0, 0.05) is 6.54 Å². The van der Waals surface area contributed by atoms with Gasteiger partial charge in [-0.3, -0.25) is 0 Å². The Morgan fingerprint density at radius 2 is 1.56 bits per heavy atom. The summed E-state index contributed by atoms with van der Waals surface area (Å²) in [6.07, 6.45) is -0.896. The first-order valence-corrected chi connectivity index (χ1v) is 10.2. The Morgan fingerprint density at radius 1 is 0.960 bits per heavy atom. The van der Waals surface area contributed by atoms with E-state index >= 15 is 0 Å². The fourth-order valence-electron chi connectivity index (χ4n) is 3.33. The molecule has 0 amide bonds. The molecular formula is C15H27NO8S. The Hall–Kier alpha value is -0.330. The lowest BCUT2D eigenvalue weighted by Gasteiger charge is -2.37. The molecule has 10 heteroatoms. The molecule has 0 radical (unpaired) electrons. The zero-order valence-corrected chi connectivity index (χ0v) is 16.0. The monoisotopic (exact) mass is 381 g/mol. The van der Waals surface area contributed by atoms with Crippen molar-refractivity contribution in [2.45, 2.75) is 70.0 Å². The second-order valence-electron chi connectivity index (χ2n) is 7.45. The highest BCUT2D eigenvalue weighted by molar-refractivity contribution is 7.88. The fourth-order valence-corrected chi connectivity index (χ4v) is 3.78. The van der Waals surface area contributed by atoms with Crippen LogP contribution in [0.4, 0.5) is 0 Å². The topological polar surface area (TPSA) is 102 Å². The highest BCUT2D eigenvalue weighted by Crippen LogP contribution is 2.44. The van der Waals surface area contributed by atoms with E-state index in [1.54, 1.807) is 0 Å². The average Bonchev–Trinajstić information content (AvgIpc) is 2.91. The first-order chi connectivity index (χ1) is 11.5. The normalized spacial score (nSPS) is 39.2. The minimum Gasteiger partial charge on any atom is -0.377 e. The summed E-state index contributed by atoms with van der Waals surface area (Å²) >= 11 is 0. The molecule has 0 saturated carbocycles. The lowest BCUT2D eigenvalue weighted by atomic mass is 9.99. The van der Waals surface area contributed by atoms with Gasteiger partial charge < -0.3 is 28.4 Å². The van der Waals surface area contributed by atoms with Crippen molar-refractivity contribution in [2.24, 2.45) is 0 Å². The number of hydrogen-bond acceptors (Lipinski definition) is 8. The molecule has 0 aliphatic carbocycles. The van der Waals surface area contributed by atoms with Crippen molar-refractivity contribution in [1.82, 2.24) is 4.72 Å². The smallest absolute Gasteiger partial charge is 0.208 e. The second-order valence-corrected chi connectivity index (χ2v) is 9.28. The lowest BCUT2D eigenvalue weighted by Crippen LogP contribution is -2.56. The second kappa shape index (κ2) is 6.68. The summed E-state index contributed by atoms with van der Waals surface area (Å²) in [7, 11) is -3.23. The first kappa shape index (κ1) is 19.4. The SMILES string of the molecule is CC1(C)O[C@H]2[C@@H](O1)[C@@H](COCCNS(C)(=O)=O)O[C@@H]1OC(C)(C)O[C@@H]12. The standard InChI is InChI=1S/C15H27NO8S/c1-14(2)21-10-9(8-19-7-6-16-25(5,17)18)20-13-12(11(10)22-14)23-15(3,4)24-13/h9-13,16H,6-8H2,1-5H3/t9-,10+,11+,12-,13-/m1/s1. The molecule has 0 aromatic heterocycles. The van der Waals surface area contributed by atoms with Crippen LogP contribution in [0.3, 0.4) is 0 Å². The molecule has 1 N–H and O–H groups in total. The van der Waals surface area contributed by atoms with E-state index in [4.69, 9.17) is 28.4 Å². The van der Waals surface area contributed by atoms with E-state index in [9.17, 15) is 8.42 Å². The summed E-state index contributed by atoms with van der Waals surface area (Å²) in [5.41, 5.74) is 0. The van der Waals surface area contributed by atoms with Gasteiger partial charge in [0.05, 0.1) is 19.5 Å². The molecule has 0 spiro atoms. The van der Waals surface area contributed by atoms with E-state index in [1.165, 1.54) is 0 Å². The first-order valence-electron chi connectivity index (χ1n) is 8.35. The Kier molecular flexibility index (Phi) is 5.19. The van der Waals surface area contributed by atoms with Crippen LogP contribution in [0.2, 0.25) is 0 Å². The van der Waals surface area contributed by atoms with Gasteiger partial charge in [-0.1, -0.05) is 0 Å². The maximum atomic E-state index is 11.0. The van der Waals surface area contributed by atoms with Gasteiger partial charge in [0.2, 0.25) is 10.0 Å². The molecule has 3 rings (SSSR count). The molecule has 0 aromatic rings. The lowest BCUT2D eigenvalue weighted by molar-refractivity contribution is -0.242. The highest BCUT2D eigenvalue weighted by atomic mass is 32.2. The van der Waals surface area contributed by atoms with Gasteiger partial charge in [-0.15, -0.1) is 0 Å². The van der Waals surface area contributed by atoms with Crippen molar-refractivity contribution < 1.29 is 36.8 Å². The van der Waals surface area contributed by atoms with E-state index in [2.05, 4.69) is 4.72 Å². The number of rotatable bonds is 6. The summed E-state index contributed by atoms with van der Waals surface area (Å²) in [4.78, 5) is 0. The van der Waals surface area contributed by atoms with Gasteiger partial charge >= 0.3 is 0 Å². The summed E-state index contributed by atoms with van der Waals surface area (Å²) < 4.78 is 59.7. The largest absolute Gasteiger partial charge is 0.377 e. The minimum absolute atomic E-state index is 0.196. The van der Waals surface area contributed by atoms with Crippen molar-refractivity contribution >= 4 is 10.0 Å². The maximum Gasteiger partial charge on any atom is 0.208 e. The van der Waals surface area contributed by atoms with Crippen molar-refractivity contribution in [1.29, 1.82) is 0 Å². The highest BCUT2D eigenvalue weighted by Gasteiger charge is 2.60. The summed E-state index contributed by atoms with van der Waals surface area (Å²) in [5, 5.41) is 0. The van der Waals surface area contributed by atoms with E-state index in [0.717, 1.165) is 6.26 Å². The van der Waals surface area contributed by atoms with Crippen molar-refractivity contribution in [3.63, 3.8) is 0 Å². The number of hydrogen-bond donors (Lipinski definition) is 1. The fraction of sp³-hybridized carbons (Fsp3) is 1.00. The third-order valence-electron chi connectivity index (χ3n) is 4.14. The van der Waals surface area contributed by atoms with Crippen LogP contribution in [0.5, 0.6) is 0 Å². The van der Waals surface area contributed by atoms with Crippen LogP contribution in [0, 0.1) is 0 Å². The van der Waals surface area contributed by atoms with Crippen molar-refractivity contribution in [3.8, 4) is 0 Å². The van der Waals surface area contributed by atoms with Crippen LogP contribution in [-0.2, 0) is 38.4 Å². The molecule has 3 saturated heterocycles. The number of sulfonamides is 1. The average molecular weight is 381 g/mol. The Balaban J connectivity index is 1.60. The van der Waals surface area contributed by atoms with Gasteiger partial charge in [0.25, 0.3) is 0 Å². The molecule has 9 nitrogen and oxygen atoms in total. The van der Waals surface area contributed by atoms with Crippen LogP contribution in [-0.4, -0.2) is 76.7 Å². The van der Waals surface area contributed by atoms with Gasteiger partial charge in [-0.05, 0) is 27.7 Å². The van der Waals surface area contributed by atoms with E-state index < -0.39 is 34.0 Å². The molecule has 3 fully saturated rings. The predicted octanol–water partition coefficient (Wildman–Crippen LogP) is -0.0513. The third kappa shape index (κ3) is 4.69. The van der Waals surface area contributed by atoms with Gasteiger partial charge in [-0.25, -0.2) is 13.1 Å². The zero-order valence-electron chi connectivity index (χ0n) is 15.2. The molecule has 0 unspecified atom stereocenters. The molecule has 3 aliphatic rings. The summed E-state index contributed by atoms with van der Waals surface area (Å²) in [6, 6.07) is 0. The molecule has 0 aromatic carbocycles. The molecular weight excluding hydrogens is 354 g/mol. The third-order valence-corrected chi connectivity index (χ3v) is 4.87. The quantitative estimate of drug-likeness (QED) is 0.639. The molecule has 146 valence electrons. The molecule has 3 aliphatic heterocycles. The number of ether oxygens (including phenoxy) is 6. The Labute approximate surface area is 148 Å². The molecule has 5 atom stereocenters. The summed E-state index contributed by atoms with van der Waals surface area (Å²) in [6.45, 7) is 8.00. The number of fused-ring (bicyclic) bond motifs is 3. The molecule has 0 bridgehead atoms. The van der Waals surface area contributed by atoms with Gasteiger partial charge in [0.15, 0.2) is 17.9 Å². The van der Waals surface area contributed by atoms with Crippen LogP contribution in [0.1, 0.15) is 27.7 Å². The van der Waals surface area contributed by atoms with E-state index in [-0.39, 0.29) is 38.1 Å². The molecule has 25 heavy (non-hydrogen) atoms. The van der Waals surface area contributed by atoms with Crippen LogP contribution in [0.25, 0.3) is 0 Å².